The Balaban J connectivity index is 1.38. The molecule has 0 unspecified atom stereocenters. The number of anilines is 3. The maximum atomic E-state index is 12.5. The molecule has 0 aromatic carbocycles. The summed E-state index contributed by atoms with van der Waals surface area (Å²) in [5.41, 5.74) is 1.68. The van der Waals surface area contributed by atoms with Gasteiger partial charge in [-0.3, -0.25) is 9.59 Å². The quantitative estimate of drug-likeness (QED) is 0.454. The number of pyridine rings is 1. The van der Waals surface area contributed by atoms with Crippen LogP contribution in [0.4, 0.5) is 16.6 Å². The van der Waals surface area contributed by atoms with E-state index in [0.717, 1.165) is 18.5 Å². The van der Waals surface area contributed by atoms with E-state index in [4.69, 9.17) is 4.74 Å². The van der Waals surface area contributed by atoms with Crippen molar-refractivity contribution in [3.63, 3.8) is 0 Å². The number of carbonyl (C=O) groups is 1. The first kappa shape index (κ1) is 20.0. The van der Waals surface area contributed by atoms with E-state index in [-0.39, 0.29) is 17.5 Å². The minimum absolute atomic E-state index is 0.128. The van der Waals surface area contributed by atoms with E-state index in [9.17, 15) is 9.59 Å². The summed E-state index contributed by atoms with van der Waals surface area (Å²) in [6.07, 6.45) is 5.25. The van der Waals surface area contributed by atoms with E-state index in [1.54, 1.807) is 31.4 Å². The van der Waals surface area contributed by atoms with Gasteiger partial charge in [-0.1, -0.05) is 11.3 Å². The van der Waals surface area contributed by atoms with Crippen LogP contribution in [0.25, 0.3) is 10.3 Å². The summed E-state index contributed by atoms with van der Waals surface area (Å²) in [6.45, 7) is 1.40. The Hall–Kier alpha value is -3.93. The largest absolute Gasteiger partial charge is 0.424 e. The number of carbonyl (C=O) groups excluding carboxylic acids is 1. The van der Waals surface area contributed by atoms with Crippen molar-refractivity contribution >= 4 is 44.2 Å². The SMILES string of the molecule is CC(=O)Nc1cc(Oc2ncc3nc(Nc4cc(C5CC5)nn(C)c4=O)sc3n2)ccn1. The van der Waals surface area contributed by atoms with Gasteiger partial charge in [0.1, 0.15) is 22.8 Å². The van der Waals surface area contributed by atoms with Crippen molar-refractivity contribution in [3.05, 3.63) is 46.6 Å². The van der Waals surface area contributed by atoms with Crippen LogP contribution >= 0.6 is 11.3 Å². The van der Waals surface area contributed by atoms with Gasteiger partial charge in [-0.2, -0.15) is 10.1 Å². The fourth-order valence-electron chi connectivity index (χ4n) is 3.07. The predicted octanol–water partition coefficient (Wildman–Crippen LogP) is 2.95. The number of nitrogens with one attached hydrogen (secondary N) is 2. The van der Waals surface area contributed by atoms with Crippen molar-refractivity contribution < 1.29 is 9.53 Å². The zero-order chi connectivity index (χ0) is 22.2. The molecular weight excluding hydrogens is 432 g/mol. The van der Waals surface area contributed by atoms with Gasteiger partial charge in [0.05, 0.1) is 11.9 Å². The Morgan fingerprint density at radius 2 is 2.09 bits per heavy atom. The molecule has 0 spiro atoms. The first-order valence-corrected chi connectivity index (χ1v) is 10.7. The number of aryl methyl sites for hydroxylation is 1. The van der Waals surface area contributed by atoms with E-state index >= 15 is 0 Å². The third-order valence-electron chi connectivity index (χ3n) is 4.69. The highest BCUT2D eigenvalue weighted by Crippen LogP contribution is 2.39. The van der Waals surface area contributed by atoms with Crippen LogP contribution in [0.1, 0.15) is 31.4 Å². The van der Waals surface area contributed by atoms with E-state index in [1.807, 2.05) is 0 Å². The van der Waals surface area contributed by atoms with E-state index < -0.39 is 0 Å². The Morgan fingerprint density at radius 1 is 1.25 bits per heavy atom. The van der Waals surface area contributed by atoms with Crippen LogP contribution in [0.15, 0.2) is 35.4 Å². The number of ether oxygens (including phenoxy) is 1. The molecule has 0 radical (unpaired) electrons. The highest BCUT2D eigenvalue weighted by Gasteiger charge is 2.26. The third-order valence-corrected chi connectivity index (χ3v) is 5.57. The number of hydrogen-bond donors (Lipinski definition) is 2. The molecule has 1 aliphatic carbocycles. The van der Waals surface area contributed by atoms with Gasteiger partial charge in [-0.25, -0.2) is 19.6 Å². The van der Waals surface area contributed by atoms with Crippen LogP contribution in [0.2, 0.25) is 0 Å². The van der Waals surface area contributed by atoms with E-state index in [2.05, 4.69) is 35.7 Å². The molecule has 11 nitrogen and oxygen atoms in total. The molecule has 0 aliphatic heterocycles. The molecule has 32 heavy (non-hydrogen) atoms. The summed E-state index contributed by atoms with van der Waals surface area (Å²) >= 11 is 1.28. The first-order chi connectivity index (χ1) is 15.4. The van der Waals surface area contributed by atoms with Gasteiger partial charge < -0.3 is 15.4 Å². The molecule has 0 saturated heterocycles. The molecule has 1 saturated carbocycles. The Morgan fingerprint density at radius 3 is 2.88 bits per heavy atom. The average molecular weight is 450 g/mol. The predicted molar refractivity (Wildman–Crippen MR) is 119 cm³/mol. The monoisotopic (exact) mass is 450 g/mol. The highest BCUT2D eigenvalue weighted by atomic mass is 32.1. The van der Waals surface area contributed by atoms with Crippen LogP contribution in [0, 0.1) is 0 Å². The summed E-state index contributed by atoms with van der Waals surface area (Å²) in [7, 11) is 1.64. The van der Waals surface area contributed by atoms with Gasteiger partial charge in [-0.05, 0) is 25.0 Å². The number of amides is 1. The van der Waals surface area contributed by atoms with Crippen molar-refractivity contribution in [2.75, 3.05) is 10.6 Å². The lowest BCUT2D eigenvalue weighted by Gasteiger charge is -2.06. The number of thiazole rings is 1. The van der Waals surface area contributed by atoms with Gasteiger partial charge in [0.15, 0.2) is 9.96 Å². The Labute approximate surface area is 185 Å². The lowest BCUT2D eigenvalue weighted by Crippen LogP contribution is -2.23. The molecular formula is C20H18N8O3S. The van der Waals surface area contributed by atoms with Crippen molar-refractivity contribution in [1.82, 2.24) is 29.7 Å². The molecule has 0 bridgehead atoms. The summed E-state index contributed by atoms with van der Waals surface area (Å²) < 4.78 is 7.05. The third kappa shape index (κ3) is 4.25. The van der Waals surface area contributed by atoms with Crippen LogP contribution < -0.4 is 20.9 Å². The molecule has 162 valence electrons. The molecule has 1 amide bonds. The second-order valence-corrected chi connectivity index (χ2v) is 8.31. The first-order valence-electron chi connectivity index (χ1n) is 9.85. The molecule has 0 atom stereocenters. The molecule has 4 aromatic rings. The highest BCUT2D eigenvalue weighted by molar-refractivity contribution is 7.21. The fourth-order valence-corrected chi connectivity index (χ4v) is 3.88. The minimum Gasteiger partial charge on any atom is -0.424 e. The molecule has 1 fully saturated rings. The summed E-state index contributed by atoms with van der Waals surface area (Å²) in [5.74, 6) is 0.983. The topological polar surface area (TPSA) is 137 Å². The molecule has 4 heterocycles. The van der Waals surface area contributed by atoms with Crippen LogP contribution in [0.5, 0.6) is 11.8 Å². The summed E-state index contributed by atoms with van der Waals surface area (Å²) in [5, 5.41) is 10.5. The molecule has 1 aliphatic rings. The van der Waals surface area contributed by atoms with Gasteiger partial charge in [0, 0.05) is 32.2 Å². The lowest BCUT2D eigenvalue weighted by molar-refractivity contribution is -0.114. The smallest absolute Gasteiger partial charge is 0.323 e. The average Bonchev–Trinajstić information content (AvgIpc) is 3.51. The van der Waals surface area contributed by atoms with Crippen molar-refractivity contribution in [2.45, 2.75) is 25.7 Å². The van der Waals surface area contributed by atoms with Crippen molar-refractivity contribution in [3.8, 4) is 11.8 Å². The second kappa shape index (κ2) is 7.96. The molecule has 4 aromatic heterocycles. The number of hydrogen-bond acceptors (Lipinski definition) is 10. The molecule has 2 N–H and O–H groups in total. The van der Waals surface area contributed by atoms with Gasteiger partial charge in [-0.15, -0.1) is 0 Å². The number of rotatable bonds is 6. The van der Waals surface area contributed by atoms with Gasteiger partial charge >= 0.3 is 6.01 Å². The summed E-state index contributed by atoms with van der Waals surface area (Å²) in [4.78, 5) is 41.4. The van der Waals surface area contributed by atoms with Crippen LogP contribution in [-0.4, -0.2) is 35.6 Å². The fraction of sp³-hybridized carbons (Fsp3) is 0.250. The zero-order valence-electron chi connectivity index (χ0n) is 17.2. The van der Waals surface area contributed by atoms with E-state index in [1.165, 1.54) is 29.1 Å². The number of aromatic nitrogens is 6. The second-order valence-electron chi connectivity index (χ2n) is 7.33. The number of fused-ring (bicyclic) bond motifs is 1. The van der Waals surface area contributed by atoms with Crippen LogP contribution in [-0.2, 0) is 11.8 Å². The Kier molecular flexibility index (Phi) is 4.98. The van der Waals surface area contributed by atoms with Crippen molar-refractivity contribution in [1.29, 1.82) is 0 Å². The van der Waals surface area contributed by atoms with Gasteiger partial charge in [0.25, 0.3) is 5.56 Å². The van der Waals surface area contributed by atoms with Crippen molar-refractivity contribution in [2.24, 2.45) is 7.05 Å². The standard InChI is InChI=1S/C20H18N8O3S/c1-10(29)23-16-7-12(5-6-21-16)31-19-22-9-15-17(26-19)32-20(25-15)24-14-8-13(11-3-4-11)27-28(2)18(14)30/h5-9,11H,3-4H2,1-2H3,(H,24,25)(H,21,23,29). The minimum atomic E-state index is -0.231. The molecule has 12 heteroatoms. The number of nitrogens with zero attached hydrogens (tertiary/aromatic N) is 6. The zero-order valence-corrected chi connectivity index (χ0v) is 18.0. The van der Waals surface area contributed by atoms with Gasteiger partial charge in [0.2, 0.25) is 5.91 Å². The maximum Gasteiger partial charge on any atom is 0.323 e. The van der Waals surface area contributed by atoms with E-state index in [0.29, 0.717) is 38.7 Å². The summed E-state index contributed by atoms with van der Waals surface area (Å²) in [6, 6.07) is 5.13. The van der Waals surface area contributed by atoms with Crippen LogP contribution in [0.3, 0.4) is 0 Å². The lowest BCUT2D eigenvalue weighted by atomic mass is 10.2. The molecule has 5 rings (SSSR count). The normalized spacial score (nSPS) is 13.2. The maximum absolute atomic E-state index is 12.5. The Bertz CT molecular complexity index is 1400.